The minimum atomic E-state index is -2.23. The van der Waals surface area contributed by atoms with E-state index < -0.39 is 70.3 Å². The molecular weight excluding hydrogens is 548 g/mol. The van der Waals surface area contributed by atoms with Crippen molar-refractivity contribution in [1.82, 2.24) is 0 Å². The highest BCUT2D eigenvalue weighted by molar-refractivity contribution is 7.13. The van der Waals surface area contributed by atoms with Gasteiger partial charge in [0.1, 0.15) is 12.8 Å². The summed E-state index contributed by atoms with van der Waals surface area (Å²) < 4.78 is 33.3. The van der Waals surface area contributed by atoms with Gasteiger partial charge in [-0.3, -0.25) is 19.5 Å². The van der Waals surface area contributed by atoms with Gasteiger partial charge >= 0.3 is 0 Å². The Hall–Kier alpha value is -2.72. The first-order valence-corrected chi connectivity index (χ1v) is 15.1. The van der Waals surface area contributed by atoms with Crippen LogP contribution >= 0.6 is 11.3 Å². The average molecular weight is 582 g/mol. The van der Waals surface area contributed by atoms with Crippen LogP contribution in [0.3, 0.4) is 0 Å². The molecule has 1 aromatic carbocycles. The van der Waals surface area contributed by atoms with E-state index in [0.717, 1.165) is 16.1 Å². The lowest BCUT2D eigenvalue weighted by Gasteiger charge is -2.63. The largest absolute Gasteiger partial charge is 0.390 e. The van der Waals surface area contributed by atoms with Gasteiger partial charge in [0.25, 0.3) is 0 Å². The van der Waals surface area contributed by atoms with E-state index in [-0.39, 0.29) is 18.4 Å². The molecule has 6 nitrogen and oxygen atoms in total. The van der Waals surface area contributed by atoms with Gasteiger partial charge in [-0.05, 0) is 79.0 Å². The first-order chi connectivity index (χ1) is 19.5. The standard InChI is InChI=1S/C32H33F2NO5S/c1-29-10-9-21(37)13-24(29)25(33)14-23-22-12-19-16-35(20-7-5-18(6-8-20)26-4-3-11-41-26)40-32(19,28(39)17-36)30(22,2)15-27(38)31(23,29)34/h3-11,13,19,22-23,25,27,36,38H,12,14-17H2,1-2H3/t19-,22?,23-,25-,27-,29-,30-,31-,32-/m0/s1. The molecule has 4 fully saturated rings. The number of hydrogen-bond acceptors (Lipinski definition) is 7. The molecule has 9 heteroatoms. The van der Waals surface area contributed by atoms with E-state index in [9.17, 15) is 19.8 Å². The average Bonchev–Trinajstić information content (AvgIpc) is 3.67. The van der Waals surface area contributed by atoms with Gasteiger partial charge in [0, 0.05) is 27.5 Å². The molecule has 1 aromatic heterocycles. The zero-order valence-corrected chi connectivity index (χ0v) is 23.7. The van der Waals surface area contributed by atoms with Crippen LogP contribution in [0, 0.1) is 28.6 Å². The van der Waals surface area contributed by atoms with Crippen molar-refractivity contribution >= 4 is 28.6 Å². The lowest BCUT2D eigenvalue weighted by atomic mass is 9.44. The normalized spacial score (nSPS) is 42.8. The number of allylic oxidation sites excluding steroid dienone is 4. The topological polar surface area (TPSA) is 87.1 Å². The molecule has 2 heterocycles. The number of thiophene rings is 1. The second-order valence-electron chi connectivity index (χ2n) is 12.8. The fourth-order valence-corrected chi connectivity index (χ4v) is 9.99. The Kier molecular flexibility index (Phi) is 5.89. The van der Waals surface area contributed by atoms with Crippen LogP contribution < -0.4 is 5.06 Å². The van der Waals surface area contributed by atoms with Gasteiger partial charge in [0.2, 0.25) is 0 Å². The number of carbonyl (C=O) groups is 2. The van der Waals surface area contributed by atoms with Crippen molar-refractivity contribution in [2.45, 2.75) is 56.7 Å². The number of ketones is 2. The molecule has 2 N–H and O–H groups in total. The number of halogens is 2. The van der Waals surface area contributed by atoms with Crippen molar-refractivity contribution in [3.05, 3.63) is 65.6 Å². The molecule has 1 saturated heterocycles. The van der Waals surface area contributed by atoms with Crippen LogP contribution in [0.4, 0.5) is 14.5 Å². The second-order valence-corrected chi connectivity index (χ2v) is 13.7. The lowest BCUT2D eigenvalue weighted by Crippen LogP contribution is -2.70. The number of alkyl halides is 2. The summed E-state index contributed by atoms with van der Waals surface area (Å²) in [6.07, 6.45) is 0.843. The van der Waals surface area contributed by atoms with E-state index in [1.807, 2.05) is 48.7 Å². The van der Waals surface area contributed by atoms with E-state index in [4.69, 9.17) is 4.84 Å². The molecule has 0 amide bonds. The van der Waals surface area contributed by atoms with Gasteiger partial charge in [0.15, 0.2) is 22.8 Å². The fraction of sp³-hybridized carbons (Fsp3) is 0.500. The molecule has 2 aromatic rings. The van der Waals surface area contributed by atoms with Crippen molar-refractivity contribution < 1.29 is 33.4 Å². The summed E-state index contributed by atoms with van der Waals surface area (Å²) in [6.45, 7) is 2.98. The monoisotopic (exact) mass is 581 g/mol. The zero-order chi connectivity index (χ0) is 28.9. The third-order valence-electron chi connectivity index (χ3n) is 11.1. The Bertz CT molecular complexity index is 1480. The van der Waals surface area contributed by atoms with Crippen LogP contribution in [-0.2, 0) is 14.4 Å². The summed E-state index contributed by atoms with van der Waals surface area (Å²) in [5, 5.41) is 25.5. The molecule has 0 bridgehead atoms. The van der Waals surface area contributed by atoms with E-state index in [2.05, 4.69) is 0 Å². The smallest absolute Gasteiger partial charge is 0.193 e. The second kappa shape index (κ2) is 8.89. The predicted octanol–water partition coefficient (Wildman–Crippen LogP) is 5.01. The molecule has 4 aliphatic carbocycles. The highest BCUT2D eigenvalue weighted by atomic mass is 32.1. The first-order valence-electron chi connectivity index (χ1n) is 14.2. The molecule has 9 atom stereocenters. The Morgan fingerprint density at radius 1 is 1.17 bits per heavy atom. The molecule has 216 valence electrons. The quantitative estimate of drug-likeness (QED) is 0.528. The molecule has 0 radical (unpaired) electrons. The van der Waals surface area contributed by atoms with Crippen molar-refractivity contribution in [3.8, 4) is 10.4 Å². The van der Waals surface area contributed by atoms with Gasteiger partial charge < -0.3 is 10.2 Å². The highest BCUT2D eigenvalue weighted by Crippen LogP contribution is 2.72. The van der Waals surface area contributed by atoms with Crippen molar-refractivity contribution in [1.29, 1.82) is 0 Å². The van der Waals surface area contributed by atoms with Crippen molar-refractivity contribution in [3.63, 3.8) is 0 Å². The number of hydrogen-bond donors (Lipinski definition) is 2. The van der Waals surface area contributed by atoms with E-state index in [1.165, 1.54) is 18.2 Å². The number of aliphatic hydroxyl groups excluding tert-OH is 2. The minimum absolute atomic E-state index is 0.0687. The molecule has 7 rings (SSSR count). The van der Waals surface area contributed by atoms with Gasteiger partial charge in [0.05, 0.1) is 18.3 Å². The SMILES string of the molecule is C[C@]12C=CC(=O)C=C1[C@@H](F)C[C@H]1C3C[C@H]4CN(c5ccc(-c6cccs6)cc5)O[C@@]4(C(=O)CO)[C@@]3(C)C[C@H](O)[C@@]12F. The summed E-state index contributed by atoms with van der Waals surface area (Å²) in [6, 6.07) is 11.9. The Morgan fingerprint density at radius 3 is 2.61 bits per heavy atom. The Balaban J connectivity index is 1.27. The van der Waals surface area contributed by atoms with E-state index in [1.54, 1.807) is 23.3 Å². The Labute approximate surface area is 241 Å². The maximum absolute atomic E-state index is 17.5. The van der Waals surface area contributed by atoms with Crippen LogP contribution in [-0.4, -0.2) is 58.5 Å². The molecule has 41 heavy (non-hydrogen) atoms. The summed E-state index contributed by atoms with van der Waals surface area (Å²) in [7, 11) is 0. The summed E-state index contributed by atoms with van der Waals surface area (Å²) in [4.78, 5) is 33.5. The Morgan fingerprint density at radius 2 is 1.93 bits per heavy atom. The van der Waals surface area contributed by atoms with Crippen LogP contribution in [0.15, 0.2) is 65.6 Å². The number of nitrogens with zero attached hydrogens (tertiary/aromatic N) is 1. The molecule has 5 aliphatic rings. The van der Waals surface area contributed by atoms with Crippen LogP contribution in [0.5, 0.6) is 0 Å². The number of fused-ring (bicyclic) bond motifs is 7. The number of aliphatic hydroxyl groups is 2. The zero-order valence-electron chi connectivity index (χ0n) is 22.9. The summed E-state index contributed by atoms with van der Waals surface area (Å²) in [5.41, 5.74) is -4.41. The highest BCUT2D eigenvalue weighted by Gasteiger charge is 2.79. The third kappa shape index (κ3) is 3.32. The van der Waals surface area contributed by atoms with Crippen LogP contribution in [0.1, 0.15) is 33.1 Å². The minimum Gasteiger partial charge on any atom is -0.390 e. The number of hydroxylamine groups is 1. The number of carbonyl (C=O) groups excluding carboxylic acids is 2. The number of Topliss-reactive ketones (excluding diaryl/α,β-unsaturated/α-hetero) is 1. The molecule has 1 aliphatic heterocycles. The predicted molar refractivity (Wildman–Crippen MR) is 151 cm³/mol. The maximum atomic E-state index is 17.5. The van der Waals surface area contributed by atoms with Crippen molar-refractivity contribution in [2.75, 3.05) is 18.2 Å². The first kappa shape index (κ1) is 27.1. The molecule has 0 spiro atoms. The van der Waals surface area contributed by atoms with Crippen LogP contribution in [0.2, 0.25) is 0 Å². The van der Waals surface area contributed by atoms with E-state index in [0.29, 0.717) is 13.0 Å². The van der Waals surface area contributed by atoms with Gasteiger partial charge in [-0.2, -0.15) is 0 Å². The van der Waals surface area contributed by atoms with E-state index >= 15 is 8.78 Å². The van der Waals surface area contributed by atoms with Gasteiger partial charge in [-0.1, -0.05) is 31.2 Å². The number of anilines is 1. The summed E-state index contributed by atoms with van der Waals surface area (Å²) >= 11 is 1.64. The molecular formula is C32H33F2NO5S. The third-order valence-corrected chi connectivity index (χ3v) is 12.1. The fourth-order valence-electron chi connectivity index (χ4n) is 9.25. The molecule has 1 unspecified atom stereocenters. The maximum Gasteiger partial charge on any atom is 0.193 e. The van der Waals surface area contributed by atoms with Crippen molar-refractivity contribution in [2.24, 2.45) is 28.6 Å². The lowest BCUT2D eigenvalue weighted by molar-refractivity contribution is -0.228. The summed E-state index contributed by atoms with van der Waals surface area (Å²) in [5.74, 6) is -2.69. The number of rotatable bonds is 4. The number of benzene rings is 1. The van der Waals surface area contributed by atoms with Crippen LogP contribution in [0.25, 0.3) is 10.4 Å². The van der Waals surface area contributed by atoms with Gasteiger partial charge in [-0.25, -0.2) is 8.78 Å². The van der Waals surface area contributed by atoms with Gasteiger partial charge in [-0.15, -0.1) is 11.3 Å². The molecule has 3 saturated carbocycles.